The van der Waals surface area contributed by atoms with Crippen LogP contribution in [0.15, 0.2) is 22.7 Å². The number of ether oxygens (including phenoxy) is 1. The average molecular weight is 281 g/mol. The summed E-state index contributed by atoms with van der Waals surface area (Å²) >= 11 is 1.31. The number of anilines is 1. The maximum absolute atomic E-state index is 5.45. The van der Waals surface area contributed by atoms with E-state index in [2.05, 4.69) is 25.4 Å². The van der Waals surface area contributed by atoms with Gasteiger partial charge in [-0.25, -0.2) is 10.8 Å². The van der Waals surface area contributed by atoms with E-state index in [1.165, 1.54) is 11.8 Å². The molecule has 2 aromatic rings. The first-order valence-electron chi connectivity index (χ1n) is 5.63. The third-order valence-corrected chi connectivity index (χ3v) is 2.97. The largest absolute Gasteiger partial charge is 0.461 e. The van der Waals surface area contributed by atoms with Gasteiger partial charge in [-0.1, -0.05) is 0 Å². The minimum Gasteiger partial charge on any atom is -0.461 e. The summed E-state index contributed by atoms with van der Waals surface area (Å²) in [7, 11) is 1.89. The highest BCUT2D eigenvalue weighted by Gasteiger charge is 2.11. The van der Waals surface area contributed by atoms with Gasteiger partial charge in [-0.15, -0.1) is 0 Å². The highest BCUT2D eigenvalue weighted by atomic mass is 32.2. The van der Waals surface area contributed by atoms with Crippen LogP contribution in [0, 0.1) is 0 Å². The van der Waals surface area contributed by atoms with Crippen molar-refractivity contribution < 1.29 is 4.74 Å². The second-order valence-electron chi connectivity index (χ2n) is 3.96. The predicted molar refractivity (Wildman–Crippen MR) is 70.7 cm³/mol. The molecule has 0 aliphatic rings. The maximum atomic E-state index is 5.45. The zero-order chi connectivity index (χ0) is 13.8. The first-order valence-corrected chi connectivity index (χ1v) is 6.44. The molecule has 0 unspecified atom stereocenters. The molecule has 2 aromatic heterocycles. The first kappa shape index (κ1) is 13.6. The number of hydrazine groups is 1. The molecule has 0 atom stereocenters. The second-order valence-corrected chi connectivity index (χ2v) is 4.89. The van der Waals surface area contributed by atoms with Crippen molar-refractivity contribution in [2.24, 2.45) is 12.9 Å². The molecule has 0 amide bonds. The molecule has 0 aromatic carbocycles. The van der Waals surface area contributed by atoms with Crippen LogP contribution in [-0.4, -0.2) is 30.6 Å². The molecule has 8 nitrogen and oxygen atoms in total. The molecule has 0 saturated heterocycles. The number of aryl methyl sites for hydroxylation is 1. The quantitative estimate of drug-likeness (QED) is 0.613. The van der Waals surface area contributed by atoms with Crippen molar-refractivity contribution in [1.82, 2.24) is 24.5 Å². The number of nitrogens with zero attached hydrogens (tertiary/aromatic N) is 5. The molecule has 0 saturated carbocycles. The van der Waals surface area contributed by atoms with Crippen molar-refractivity contribution in [2.75, 3.05) is 5.43 Å². The lowest BCUT2D eigenvalue weighted by atomic mass is 10.5. The average Bonchev–Trinajstić information content (AvgIpc) is 2.74. The van der Waals surface area contributed by atoms with Gasteiger partial charge in [0.05, 0.1) is 6.10 Å². The lowest BCUT2D eigenvalue weighted by molar-refractivity contribution is 0.219. The second kappa shape index (κ2) is 5.85. The van der Waals surface area contributed by atoms with Crippen molar-refractivity contribution in [1.29, 1.82) is 0 Å². The summed E-state index contributed by atoms with van der Waals surface area (Å²) in [5.74, 6) is 5.59. The van der Waals surface area contributed by atoms with Crippen LogP contribution >= 0.6 is 11.8 Å². The molecule has 9 heteroatoms. The van der Waals surface area contributed by atoms with Crippen LogP contribution in [0.2, 0.25) is 0 Å². The standard InChI is InChI=1S/C10H15N7OS/c1-6(2)18-8-13-7(16-11)14-9(15-8)19-10-12-4-5-17(10)3/h4-6H,11H2,1-3H3,(H,13,14,15,16). The Bertz CT molecular complexity index is 557. The Morgan fingerprint density at radius 1 is 1.37 bits per heavy atom. The Balaban J connectivity index is 2.26. The normalized spacial score (nSPS) is 10.8. The summed E-state index contributed by atoms with van der Waals surface area (Å²) in [5.41, 5.74) is 2.39. The molecular formula is C10H15N7OS. The molecule has 2 heterocycles. The van der Waals surface area contributed by atoms with Gasteiger partial charge in [0.2, 0.25) is 11.1 Å². The molecule has 102 valence electrons. The smallest absolute Gasteiger partial charge is 0.322 e. The van der Waals surface area contributed by atoms with Crippen molar-refractivity contribution in [3.05, 3.63) is 12.4 Å². The number of nitrogens with two attached hydrogens (primary N) is 1. The highest BCUT2D eigenvalue weighted by molar-refractivity contribution is 7.99. The van der Waals surface area contributed by atoms with Crippen LogP contribution in [0.5, 0.6) is 6.01 Å². The number of rotatable bonds is 5. The lowest BCUT2D eigenvalue weighted by Crippen LogP contribution is -2.15. The minimum absolute atomic E-state index is 0.0287. The van der Waals surface area contributed by atoms with Gasteiger partial charge in [-0.3, -0.25) is 5.43 Å². The van der Waals surface area contributed by atoms with E-state index in [0.717, 1.165) is 5.16 Å². The van der Waals surface area contributed by atoms with Crippen LogP contribution in [0.25, 0.3) is 0 Å². The van der Waals surface area contributed by atoms with E-state index in [9.17, 15) is 0 Å². The van der Waals surface area contributed by atoms with E-state index in [0.29, 0.717) is 5.16 Å². The fourth-order valence-corrected chi connectivity index (χ4v) is 1.98. The maximum Gasteiger partial charge on any atom is 0.322 e. The number of nitrogen functional groups attached to an aromatic ring is 1. The van der Waals surface area contributed by atoms with Gasteiger partial charge in [0.1, 0.15) is 0 Å². The molecule has 3 N–H and O–H groups in total. The number of imidazole rings is 1. The zero-order valence-electron chi connectivity index (χ0n) is 10.9. The number of hydrogen-bond donors (Lipinski definition) is 2. The fourth-order valence-electron chi connectivity index (χ4n) is 1.24. The van der Waals surface area contributed by atoms with E-state index in [4.69, 9.17) is 10.6 Å². The third-order valence-electron chi connectivity index (χ3n) is 2.02. The fraction of sp³-hybridized carbons (Fsp3) is 0.400. The van der Waals surface area contributed by atoms with Crippen molar-refractivity contribution >= 4 is 17.7 Å². The van der Waals surface area contributed by atoms with E-state index >= 15 is 0 Å². The Kier molecular flexibility index (Phi) is 4.17. The van der Waals surface area contributed by atoms with E-state index < -0.39 is 0 Å². The van der Waals surface area contributed by atoms with Crippen LogP contribution < -0.4 is 16.0 Å². The molecule has 0 spiro atoms. The molecular weight excluding hydrogens is 266 g/mol. The number of hydrogen-bond acceptors (Lipinski definition) is 8. The van der Waals surface area contributed by atoms with Crippen LogP contribution in [0.4, 0.5) is 5.95 Å². The van der Waals surface area contributed by atoms with Gasteiger partial charge in [-0.05, 0) is 25.6 Å². The Morgan fingerprint density at radius 2 is 2.16 bits per heavy atom. The van der Waals surface area contributed by atoms with E-state index in [1.54, 1.807) is 6.20 Å². The molecule has 19 heavy (non-hydrogen) atoms. The number of aromatic nitrogens is 5. The summed E-state index contributed by atoms with van der Waals surface area (Å²) in [6, 6.07) is 0.231. The summed E-state index contributed by atoms with van der Waals surface area (Å²) in [5, 5.41) is 1.23. The topological polar surface area (TPSA) is 104 Å². The summed E-state index contributed by atoms with van der Waals surface area (Å²) in [4.78, 5) is 16.6. The van der Waals surface area contributed by atoms with Crippen molar-refractivity contribution in [2.45, 2.75) is 30.3 Å². The highest BCUT2D eigenvalue weighted by Crippen LogP contribution is 2.24. The van der Waals surface area contributed by atoms with E-state index in [-0.39, 0.29) is 18.1 Å². The van der Waals surface area contributed by atoms with Gasteiger partial charge in [0.25, 0.3) is 0 Å². The van der Waals surface area contributed by atoms with Gasteiger partial charge < -0.3 is 9.30 Å². The molecule has 0 radical (unpaired) electrons. The Morgan fingerprint density at radius 3 is 2.74 bits per heavy atom. The van der Waals surface area contributed by atoms with E-state index in [1.807, 2.05) is 31.7 Å². The van der Waals surface area contributed by atoms with Crippen molar-refractivity contribution in [3.63, 3.8) is 0 Å². The molecule has 0 bridgehead atoms. The predicted octanol–water partition coefficient (Wildman–Crippen LogP) is 0.829. The van der Waals surface area contributed by atoms with Crippen LogP contribution in [-0.2, 0) is 7.05 Å². The first-order chi connectivity index (χ1) is 9.08. The van der Waals surface area contributed by atoms with Gasteiger partial charge >= 0.3 is 6.01 Å². The van der Waals surface area contributed by atoms with Crippen molar-refractivity contribution in [3.8, 4) is 6.01 Å². The summed E-state index contributed by atoms with van der Waals surface area (Å²) < 4.78 is 7.32. The van der Waals surface area contributed by atoms with Crippen LogP contribution in [0.1, 0.15) is 13.8 Å². The summed E-state index contributed by atoms with van der Waals surface area (Å²) in [6.45, 7) is 3.79. The SMILES string of the molecule is CC(C)Oc1nc(NN)nc(Sc2nccn2C)n1. The lowest BCUT2D eigenvalue weighted by Gasteiger charge is -2.09. The molecule has 2 rings (SSSR count). The Labute approximate surface area is 114 Å². The minimum atomic E-state index is -0.0287. The number of nitrogens with one attached hydrogen (secondary N) is 1. The summed E-state index contributed by atoms with van der Waals surface area (Å²) in [6.07, 6.45) is 3.52. The molecule has 0 fully saturated rings. The van der Waals surface area contributed by atoms with Gasteiger partial charge in [0.15, 0.2) is 5.16 Å². The Hall–Kier alpha value is -1.87. The third kappa shape index (κ3) is 3.55. The molecule has 0 aliphatic carbocycles. The van der Waals surface area contributed by atoms with Gasteiger partial charge in [-0.2, -0.15) is 15.0 Å². The zero-order valence-corrected chi connectivity index (χ0v) is 11.7. The molecule has 0 aliphatic heterocycles. The van der Waals surface area contributed by atoms with Gasteiger partial charge in [0, 0.05) is 19.4 Å². The monoisotopic (exact) mass is 281 g/mol. The van der Waals surface area contributed by atoms with Crippen LogP contribution in [0.3, 0.4) is 0 Å².